The SMILES string of the molecule is CN(C)CC1CCCN1S(=O)(=O)c1cc(Br)ccc1N. The minimum Gasteiger partial charge on any atom is -0.398 e. The van der Waals surface area contributed by atoms with Gasteiger partial charge in [0.2, 0.25) is 10.0 Å². The second-order valence-corrected chi connectivity index (χ2v) is 8.13. The fourth-order valence-electron chi connectivity index (χ4n) is 2.59. The first-order valence-corrected chi connectivity index (χ1v) is 8.77. The number of likely N-dealkylation sites (N-methyl/N-ethyl adjacent to an activating group) is 1. The van der Waals surface area contributed by atoms with Gasteiger partial charge in [0.1, 0.15) is 4.90 Å². The van der Waals surface area contributed by atoms with Crippen molar-refractivity contribution < 1.29 is 8.42 Å². The van der Waals surface area contributed by atoms with E-state index < -0.39 is 10.0 Å². The first kappa shape index (κ1) is 15.8. The van der Waals surface area contributed by atoms with Gasteiger partial charge >= 0.3 is 0 Å². The number of halogens is 1. The Morgan fingerprint density at radius 3 is 2.80 bits per heavy atom. The van der Waals surface area contributed by atoms with E-state index in [1.54, 1.807) is 22.5 Å². The molecule has 0 spiro atoms. The molecule has 0 aromatic heterocycles. The summed E-state index contributed by atoms with van der Waals surface area (Å²) in [6, 6.07) is 4.97. The van der Waals surface area contributed by atoms with E-state index in [-0.39, 0.29) is 10.9 Å². The molecule has 7 heteroatoms. The number of sulfonamides is 1. The minimum atomic E-state index is -3.53. The maximum Gasteiger partial charge on any atom is 0.245 e. The van der Waals surface area contributed by atoms with Gasteiger partial charge in [-0.15, -0.1) is 0 Å². The quantitative estimate of drug-likeness (QED) is 0.829. The molecule has 20 heavy (non-hydrogen) atoms. The van der Waals surface area contributed by atoms with Crippen molar-refractivity contribution in [2.24, 2.45) is 0 Å². The van der Waals surface area contributed by atoms with E-state index in [4.69, 9.17) is 5.73 Å². The fraction of sp³-hybridized carbons (Fsp3) is 0.538. The lowest BCUT2D eigenvalue weighted by atomic mass is 10.2. The van der Waals surface area contributed by atoms with Gasteiger partial charge in [-0.1, -0.05) is 15.9 Å². The Labute approximate surface area is 128 Å². The van der Waals surface area contributed by atoms with Crippen LogP contribution in [0.4, 0.5) is 5.69 Å². The maximum absolute atomic E-state index is 12.8. The summed E-state index contributed by atoms with van der Waals surface area (Å²) in [5, 5.41) is 0. The molecular weight excluding hydrogens is 342 g/mol. The molecule has 2 rings (SSSR count). The Kier molecular flexibility index (Phi) is 4.73. The van der Waals surface area contributed by atoms with E-state index in [1.165, 1.54) is 0 Å². The van der Waals surface area contributed by atoms with Crippen molar-refractivity contribution in [1.82, 2.24) is 9.21 Å². The normalized spacial score (nSPS) is 20.7. The van der Waals surface area contributed by atoms with Crippen molar-refractivity contribution in [1.29, 1.82) is 0 Å². The fourth-order valence-corrected chi connectivity index (χ4v) is 4.93. The molecule has 112 valence electrons. The summed E-state index contributed by atoms with van der Waals surface area (Å²) in [6.07, 6.45) is 1.79. The van der Waals surface area contributed by atoms with Gasteiger partial charge in [0.25, 0.3) is 0 Å². The lowest BCUT2D eigenvalue weighted by Crippen LogP contribution is -2.41. The number of nitrogens with two attached hydrogens (primary N) is 1. The van der Waals surface area contributed by atoms with Crippen molar-refractivity contribution in [2.75, 3.05) is 32.9 Å². The molecule has 0 bridgehead atoms. The largest absolute Gasteiger partial charge is 0.398 e. The van der Waals surface area contributed by atoms with Crippen LogP contribution in [0.5, 0.6) is 0 Å². The highest BCUT2D eigenvalue weighted by atomic mass is 79.9. The number of nitrogen functional groups attached to an aromatic ring is 1. The van der Waals surface area contributed by atoms with Gasteiger partial charge < -0.3 is 10.6 Å². The standard InChI is InChI=1S/C13H20BrN3O2S/c1-16(2)9-11-4-3-7-17(11)20(18,19)13-8-10(14)5-6-12(13)15/h5-6,8,11H,3-4,7,9,15H2,1-2H3. The van der Waals surface area contributed by atoms with Crippen molar-refractivity contribution in [3.8, 4) is 0 Å². The number of anilines is 1. The molecule has 1 aliphatic heterocycles. The van der Waals surface area contributed by atoms with Crippen LogP contribution in [0.2, 0.25) is 0 Å². The van der Waals surface area contributed by atoms with Crippen LogP contribution in [0, 0.1) is 0 Å². The van der Waals surface area contributed by atoms with E-state index in [9.17, 15) is 8.42 Å². The third kappa shape index (κ3) is 3.16. The molecule has 0 amide bonds. The lowest BCUT2D eigenvalue weighted by Gasteiger charge is -2.27. The van der Waals surface area contributed by atoms with Gasteiger partial charge in [-0.25, -0.2) is 8.42 Å². The summed E-state index contributed by atoms with van der Waals surface area (Å²) < 4.78 is 27.9. The molecule has 0 aliphatic carbocycles. The number of nitrogens with zero attached hydrogens (tertiary/aromatic N) is 2. The average molecular weight is 362 g/mol. The maximum atomic E-state index is 12.8. The van der Waals surface area contributed by atoms with Gasteiger partial charge in [-0.05, 0) is 45.1 Å². The Balaban J connectivity index is 2.36. The molecule has 0 radical (unpaired) electrons. The summed E-state index contributed by atoms with van der Waals surface area (Å²) >= 11 is 3.31. The molecule has 1 unspecified atom stereocenters. The highest BCUT2D eigenvalue weighted by Gasteiger charge is 2.36. The van der Waals surface area contributed by atoms with E-state index in [2.05, 4.69) is 15.9 Å². The van der Waals surface area contributed by atoms with Crippen LogP contribution in [-0.4, -0.2) is 50.8 Å². The molecular formula is C13H20BrN3O2S. The Morgan fingerprint density at radius 1 is 1.45 bits per heavy atom. The van der Waals surface area contributed by atoms with Crippen LogP contribution in [0.25, 0.3) is 0 Å². The van der Waals surface area contributed by atoms with Gasteiger partial charge in [0.15, 0.2) is 0 Å². The smallest absolute Gasteiger partial charge is 0.245 e. The molecule has 2 N–H and O–H groups in total. The zero-order valence-electron chi connectivity index (χ0n) is 11.7. The monoisotopic (exact) mass is 361 g/mol. The van der Waals surface area contributed by atoms with Gasteiger partial charge in [0, 0.05) is 23.6 Å². The third-order valence-electron chi connectivity index (χ3n) is 3.46. The van der Waals surface area contributed by atoms with Crippen LogP contribution < -0.4 is 5.73 Å². The second kappa shape index (κ2) is 6.01. The summed E-state index contributed by atoms with van der Waals surface area (Å²) in [4.78, 5) is 2.21. The Hall–Kier alpha value is -0.630. The molecule has 1 fully saturated rings. The molecule has 1 aromatic carbocycles. The van der Waals surface area contributed by atoms with Crippen LogP contribution in [0.1, 0.15) is 12.8 Å². The lowest BCUT2D eigenvalue weighted by molar-refractivity contribution is 0.291. The number of rotatable bonds is 4. The minimum absolute atomic E-state index is 0.0216. The van der Waals surface area contributed by atoms with Crippen LogP contribution in [-0.2, 0) is 10.0 Å². The number of benzene rings is 1. The molecule has 1 saturated heterocycles. The Bertz CT molecular complexity index is 589. The number of hydrogen-bond acceptors (Lipinski definition) is 4. The predicted molar refractivity (Wildman–Crippen MR) is 84.0 cm³/mol. The first-order valence-electron chi connectivity index (χ1n) is 6.54. The molecule has 1 heterocycles. The highest BCUT2D eigenvalue weighted by molar-refractivity contribution is 9.10. The van der Waals surface area contributed by atoms with Crippen molar-refractivity contribution in [3.05, 3.63) is 22.7 Å². The zero-order chi connectivity index (χ0) is 14.9. The molecule has 0 saturated carbocycles. The van der Waals surface area contributed by atoms with E-state index in [0.717, 1.165) is 19.4 Å². The van der Waals surface area contributed by atoms with Gasteiger partial charge in [-0.2, -0.15) is 4.31 Å². The molecule has 1 atom stereocenters. The topological polar surface area (TPSA) is 66.6 Å². The van der Waals surface area contributed by atoms with E-state index in [1.807, 2.05) is 19.0 Å². The van der Waals surface area contributed by atoms with Crippen LogP contribution in [0.3, 0.4) is 0 Å². The molecule has 1 aliphatic rings. The predicted octanol–water partition coefficient (Wildman–Crippen LogP) is 1.75. The third-order valence-corrected chi connectivity index (χ3v) is 5.96. The Morgan fingerprint density at radius 2 is 2.15 bits per heavy atom. The van der Waals surface area contributed by atoms with Crippen molar-refractivity contribution >= 4 is 31.6 Å². The van der Waals surface area contributed by atoms with Crippen molar-refractivity contribution in [2.45, 2.75) is 23.8 Å². The van der Waals surface area contributed by atoms with Crippen molar-refractivity contribution in [3.63, 3.8) is 0 Å². The van der Waals surface area contributed by atoms with Gasteiger partial charge in [-0.3, -0.25) is 0 Å². The first-order chi connectivity index (χ1) is 9.32. The van der Waals surface area contributed by atoms with Crippen LogP contribution in [0.15, 0.2) is 27.6 Å². The number of hydrogen-bond donors (Lipinski definition) is 1. The molecule has 1 aromatic rings. The van der Waals surface area contributed by atoms with E-state index >= 15 is 0 Å². The zero-order valence-corrected chi connectivity index (χ0v) is 14.1. The molecule has 5 nitrogen and oxygen atoms in total. The second-order valence-electron chi connectivity index (χ2n) is 5.36. The highest BCUT2D eigenvalue weighted by Crippen LogP contribution is 2.31. The average Bonchev–Trinajstić information content (AvgIpc) is 2.80. The van der Waals surface area contributed by atoms with Crippen LogP contribution >= 0.6 is 15.9 Å². The summed E-state index contributed by atoms with van der Waals surface area (Å²) in [5.74, 6) is 0. The summed E-state index contributed by atoms with van der Waals surface area (Å²) in [6.45, 7) is 1.29. The summed E-state index contributed by atoms with van der Waals surface area (Å²) in [5.41, 5.74) is 6.15. The van der Waals surface area contributed by atoms with E-state index in [0.29, 0.717) is 16.7 Å². The summed E-state index contributed by atoms with van der Waals surface area (Å²) in [7, 11) is 0.375. The van der Waals surface area contributed by atoms with Gasteiger partial charge in [0.05, 0.1) is 5.69 Å².